The maximum absolute atomic E-state index is 11.8. The molecule has 2 heterocycles. The van der Waals surface area contributed by atoms with Gasteiger partial charge in [0.15, 0.2) is 0 Å². The van der Waals surface area contributed by atoms with Crippen LogP contribution in [0.4, 0.5) is 0 Å². The zero-order chi connectivity index (χ0) is 12.4. The largest absolute Gasteiger partial charge is 0.310 e. The van der Waals surface area contributed by atoms with Gasteiger partial charge in [-0.15, -0.1) is 11.3 Å². The van der Waals surface area contributed by atoms with Gasteiger partial charge in [-0.2, -0.15) is 0 Å². The quantitative estimate of drug-likeness (QED) is 0.907. The third-order valence-corrected chi connectivity index (χ3v) is 3.65. The number of hydrogen-bond acceptors (Lipinski definition) is 3. The second-order valence-electron chi connectivity index (χ2n) is 4.13. The molecule has 1 N–H and O–H groups in total. The molecule has 0 aromatic carbocycles. The Morgan fingerprint density at radius 2 is 2.18 bits per heavy atom. The van der Waals surface area contributed by atoms with Gasteiger partial charge in [-0.1, -0.05) is 6.92 Å². The fraction of sp³-hybridized carbons (Fsp3) is 0.385. The first-order valence-electron chi connectivity index (χ1n) is 5.77. The van der Waals surface area contributed by atoms with E-state index in [-0.39, 0.29) is 5.56 Å². The highest BCUT2D eigenvalue weighted by molar-refractivity contribution is 7.10. The van der Waals surface area contributed by atoms with Crippen LogP contribution in [0, 0.1) is 13.8 Å². The lowest BCUT2D eigenvalue weighted by Crippen LogP contribution is -2.16. The number of aromatic amines is 1. The van der Waals surface area contributed by atoms with Gasteiger partial charge in [-0.25, -0.2) is 4.98 Å². The molecule has 0 bridgehead atoms. The fourth-order valence-electron chi connectivity index (χ4n) is 1.83. The van der Waals surface area contributed by atoms with E-state index < -0.39 is 0 Å². The first-order valence-corrected chi connectivity index (χ1v) is 6.65. The third kappa shape index (κ3) is 2.31. The van der Waals surface area contributed by atoms with Crippen LogP contribution >= 0.6 is 11.3 Å². The molecule has 0 saturated carbocycles. The minimum Gasteiger partial charge on any atom is -0.310 e. The van der Waals surface area contributed by atoms with Crippen molar-refractivity contribution >= 4 is 11.3 Å². The Labute approximate surface area is 105 Å². The van der Waals surface area contributed by atoms with Crippen LogP contribution in [0.15, 0.2) is 16.2 Å². The molecule has 0 atom stereocenters. The summed E-state index contributed by atoms with van der Waals surface area (Å²) in [6, 6.07) is 2.03. The lowest BCUT2D eigenvalue weighted by Gasteiger charge is -2.06. The number of nitrogens with zero attached hydrogens (tertiary/aromatic N) is 1. The van der Waals surface area contributed by atoms with Crippen molar-refractivity contribution in [1.29, 1.82) is 0 Å². The van der Waals surface area contributed by atoms with Crippen molar-refractivity contribution in [1.82, 2.24) is 9.97 Å². The molecule has 0 aliphatic rings. The molecule has 0 fully saturated rings. The summed E-state index contributed by atoms with van der Waals surface area (Å²) >= 11 is 1.68. The van der Waals surface area contributed by atoms with Gasteiger partial charge in [-0.05, 0) is 31.7 Å². The smallest absolute Gasteiger partial charge is 0.254 e. The molecule has 0 saturated heterocycles. The average molecular weight is 248 g/mol. The standard InChI is InChI=1S/C13H16N2OS/c1-4-5-11-14-12(8(2)13(16)15-11)10-6-7-17-9(10)3/h6-7H,4-5H2,1-3H3,(H,14,15,16). The lowest BCUT2D eigenvalue weighted by molar-refractivity contribution is 0.822. The van der Waals surface area contributed by atoms with Gasteiger partial charge >= 0.3 is 0 Å². The summed E-state index contributed by atoms with van der Waals surface area (Å²) in [5.74, 6) is 0.781. The van der Waals surface area contributed by atoms with Gasteiger partial charge in [0.1, 0.15) is 5.82 Å². The Morgan fingerprint density at radius 3 is 2.76 bits per heavy atom. The summed E-state index contributed by atoms with van der Waals surface area (Å²) in [6.07, 6.45) is 1.79. The second kappa shape index (κ2) is 4.84. The molecule has 2 aromatic rings. The zero-order valence-electron chi connectivity index (χ0n) is 10.3. The van der Waals surface area contributed by atoms with Crippen LogP contribution in [-0.2, 0) is 6.42 Å². The molecule has 90 valence electrons. The first kappa shape index (κ1) is 12.0. The summed E-state index contributed by atoms with van der Waals surface area (Å²) in [6.45, 7) is 5.96. The van der Waals surface area contributed by atoms with Crippen molar-refractivity contribution in [2.24, 2.45) is 0 Å². The molecule has 0 unspecified atom stereocenters. The van der Waals surface area contributed by atoms with Crippen molar-refractivity contribution in [2.75, 3.05) is 0 Å². The molecule has 2 aromatic heterocycles. The van der Waals surface area contributed by atoms with Gasteiger partial charge in [0.25, 0.3) is 5.56 Å². The van der Waals surface area contributed by atoms with Gasteiger partial charge in [-0.3, -0.25) is 4.79 Å². The number of rotatable bonds is 3. The fourth-order valence-corrected chi connectivity index (χ4v) is 2.53. The van der Waals surface area contributed by atoms with E-state index in [0.717, 1.165) is 29.9 Å². The Kier molecular flexibility index (Phi) is 3.43. The second-order valence-corrected chi connectivity index (χ2v) is 5.25. The monoisotopic (exact) mass is 248 g/mol. The molecule has 0 radical (unpaired) electrons. The predicted octanol–water partition coefficient (Wildman–Crippen LogP) is 3.07. The van der Waals surface area contributed by atoms with E-state index in [1.165, 1.54) is 4.88 Å². The third-order valence-electron chi connectivity index (χ3n) is 2.80. The number of hydrogen-bond donors (Lipinski definition) is 1. The Balaban J connectivity index is 2.61. The molecule has 4 heteroatoms. The van der Waals surface area contributed by atoms with Crippen LogP contribution in [0.2, 0.25) is 0 Å². The van der Waals surface area contributed by atoms with Crippen LogP contribution in [0.3, 0.4) is 0 Å². The van der Waals surface area contributed by atoms with E-state index in [0.29, 0.717) is 5.56 Å². The highest BCUT2D eigenvalue weighted by Gasteiger charge is 2.12. The highest BCUT2D eigenvalue weighted by atomic mass is 32.1. The zero-order valence-corrected chi connectivity index (χ0v) is 11.1. The van der Waals surface area contributed by atoms with E-state index in [1.807, 2.05) is 18.4 Å². The molecule has 0 aliphatic carbocycles. The maximum Gasteiger partial charge on any atom is 0.254 e. The Bertz CT molecular complexity index is 583. The van der Waals surface area contributed by atoms with Gasteiger partial charge in [0.05, 0.1) is 5.69 Å². The van der Waals surface area contributed by atoms with E-state index in [2.05, 4.69) is 23.8 Å². The summed E-state index contributed by atoms with van der Waals surface area (Å²) < 4.78 is 0. The average Bonchev–Trinajstić information content (AvgIpc) is 2.70. The summed E-state index contributed by atoms with van der Waals surface area (Å²) in [7, 11) is 0. The minimum atomic E-state index is -0.0240. The van der Waals surface area contributed by atoms with Crippen molar-refractivity contribution in [2.45, 2.75) is 33.6 Å². The lowest BCUT2D eigenvalue weighted by atomic mass is 10.1. The van der Waals surface area contributed by atoms with Crippen molar-refractivity contribution in [3.05, 3.63) is 38.1 Å². The summed E-state index contributed by atoms with van der Waals surface area (Å²) in [4.78, 5) is 20.5. The van der Waals surface area contributed by atoms with Crippen LogP contribution in [0.25, 0.3) is 11.3 Å². The van der Waals surface area contributed by atoms with E-state index in [1.54, 1.807) is 11.3 Å². The van der Waals surface area contributed by atoms with Crippen LogP contribution < -0.4 is 5.56 Å². The normalized spacial score (nSPS) is 10.8. The number of aromatic nitrogens is 2. The maximum atomic E-state index is 11.8. The van der Waals surface area contributed by atoms with E-state index >= 15 is 0 Å². The van der Waals surface area contributed by atoms with Gasteiger partial charge in [0.2, 0.25) is 0 Å². The summed E-state index contributed by atoms with van der Waals surface area (Å²) in [5, 5.41) is 2.03. The molecule has 0 amide bonds. The van der Waals surface area contributed by atoms with Crippen molar-refractivity contribution < 1.29 is 0 Å². The van der Waals surface area contributed by atoms with Gasteiger partial charge < -0.3 is 4.98 Å². The molecule has 17 heavy (non-hydrogen) atoms. The minimum absolute atomic E-state index is 0.0240. The van der Waals surface area contributed by atoms with Gasteiger partial charge in [0, 0.05) is 22.4 Å². The molecular formula is C13H16N2OS. The van der Waals surface area contributed by atoms with E-state index in [4.69, 9.17) is 0 Å². The molecule has 2 rings (SSSR count). The number of thiophene rings is 1. The predicted molar refractivity (Wildman–Crippen MR) is 71.6 cm³/mol. The van der Waals surface area contributed by atoms with Crippen LogP contribution in [0.5, 0.6) is 0 Å². The number of nitrogens with one attached hydrogen (secondary N) is 1. The first-order chi connectivity index (χ1) is 8.13. The molecule has 0 aliphatic heterocycles. The Hall–Kier alpha value is -1.42. The van der Waals surface area contributed by atoms with Crippen molar-refractivity contribution in [3.8, 4) is 11.3 Å². The number of aryl methyl sites for hydroxylation is 2. The molecular weight excluding hydrogens is 232 g/mol. The Morgan fingerprint density at radius 1 is 1.41 bits per heavy atom. The SMILES string of the molecule is CCCc1nc(-c2ccsc2C)c(C)c(=O)[nH]1. The molecule has 0 spiro atoms. The number of H-pyrrole nitrogens is 1. The highest BCUT2D eigenvalue weighted by Crippen LogP contribution is 2.27. The van der Waals surface area contributed by atoms with E-state index in [9.17, 15) is 4.79 Å². The topological polar surface area (TPSA) is 45.8 Å². The molecule has 3 nitrogen and oxygen atoms in total. The summed E-state index contributed by atoms with van der Waals surface area (Å²) in [5.41, 5.74) is 2.59. The van der Waals surface area contributed by atoms with Crippen molar-refractivity contribution in [3.63, 3.8) is 0 Å². The van der Waals surface area contributed by atoms with Crippen LogP contribution in [-0.4, -0.2) is 9.97 Å². The van der Waals surface area contributed by atoms with Crippen LogP contribution in [0.1, 0.15) is 29.6 Å².